The minimum Gasteiger partial charge on any atom is -0.507 e. The van der Waals surface area contributed by atoms with Crippen LogP contribution in [0.3, 0.4) is 0 Å². The van der Waals surface area contributed by atoms with Gasteiger partial charge in [-0.05, 0) is 60.5 Å². The summed E-state index contributed by atoms with van der Waals surface area (Å²) in [5.41, 5.74) is 0.746. The highest BCUT2D eigenvalue weighted by Gasteiger charge is 2.47. The number of hydrogen-bond acceptors (Lipinski definition) is 5. The Morgan fingerprint density at radius 1 is 1.06 bits per heavy atom. The van der Waals surface area contributed by atoms with Gasteiger partial charge in [0.25, 0.3) is 5.78 Å². The van der Waals surface area contributed by atoms with Crippen LogP contribution >= 0.6 is 0 Å². The Kier molecular flexibility index (Phi) is 5.98. The number of hydrogen-bond donors (Lipinski definition) is 1. The van der Waals surface area contributed by atoms with Crippen molar-refractivity contribution in [3.05, 3.63) is 95.4 Å². The summed E-state index contributed by atoms with van der Waals surface area (Å²) in [6.45, 7) is 2.56. The SMILES string of the molecule is CCCOc1ccc(C(O)=C2C(=O)C(=O)N(c3ccccn3)[C@H]2c2ccc(F)cc2)cc1. The molecule has 1 fully saturated rings. The van der Waals surface area contributed by atoms with Gasteiger partial charge >= 0.3 is 5.91 Å². The van der Waals surface area contributed by atoms with Gasteiger partial charge in [0, 0.05) is 11.8 Å². The van der Waals surface area contributed by atoms with Crippen molar-refractivity contribution in [1.82, 2.24) is 4.98 Å². The fourth-order valence-corrected chi connectivity index (χ4v) is 3.61. The number of aromatic nitrogens is 1. The predicted molar refractivity (Wildman–Crippen MR) is 118 cm³/mol. The van der Waals surface area contributed by atoms with Crippen molar-refractivity contribution in [3.8, 4) is 5.75 Å². The van der Waals surface area contributed by atoms with Gasteiger partial charge in [0.2, 0.25) is 0 Å². The van der Waals surface area contributed by atoms with Crippen molar-refractivity contribution in [3.63, 3.8) is 0 Å². The van der Waals surface area contributed by atoms with E-state index in [-0.39, 0.29) is 17.2 Å². The number of halogens is 1. The van der Waals surface area contributed by atoms with Gasteiger partial charge in [-0.3, -0.25) is 14.5 Å². The first-order valence-electron chi connectivity index (χ1n) is 10.2. The van der Waals surface area contributed by atoms with Gasteiger partial charge in [0.1, 0.15) is 23.1 Å². The molecule has 4 rings (SSSR count). The number of carbonyl (C=O) groups is 2. The van der Waals surface area contributed by atoms with Crippen molar-refractivity contribution in [2.45, 2.75) is 19.4 Å². The van der Waals surface area contributed by atoms with Crippen molar-refractivity contribution in [2.75, 3.05) is 11.5 Å². The average molecular weight is 432 g/mol. The number of carbonyl (C=O) groups excluding carboxylic acids is 2. The lowest BCUT2D eigenvalue weighted by atomic mass is 9.95. The monoisotopic (exact) mass is 432 g/mol. The zero-order valence-corrected chi connectivity index (χ0v) is 17.4. The molecule has 0 unspecified atom stereocenters. The van der Waals surface area contributed by atoms with Crippen LogP contribution in [-0.2, 0) is 9.59 Å². The number of benzene rings is 2. The molecule has 1 saturated heterocycles. The first kappa shape index (κ1) is 21.2. The van der Waals surface area contributed by atoms with E-state index >= 15 is 0 Å². The molecule has 1 amide bonds. The van der Waals surface area contributed by atoms with Crippen LogP contribution in [0.5, 0.6) is 5.75 Å². The van der Waals surface area contributed by atoms with Crippen molar-refractivity contribution in [2.24, 2.45) is 0 Å². The third-order valence-corrected chi connectivity index (χ3v) is 5.13. The summed E-state index contributed by atoms with van der Waals surface area (Å²) in [5, 5.41) is 11.1. The Morgan fingerprint density at radius 2 is 1.78 bits per heavy atom. The van der Waals surface area contributed by atoms with Crippen LogP contribution in [-0.4, -0.2) is 28.4 Å². The van der Waals surface area contributed by atoms with E-state index in [1.165, 1.54) is 35.4 Å². The molecule has 6 nitrogen and oxygen atoms in total. The van der Waals surface area contributed by atoms with Gasteiger partial charge in [-0.25, -0.2) is 9.37 Å². The largest absolute Gasteiger partial charge is 0.507 e. The smallest absolute Gasteiger partial charge is 0.301 e. The molecular weight excluding hydrogens is 411 g/mol. The summed E-state index contributed by atoms with van der Waals surface area (Å²) in [6.07, 6.45) is 2.36. The highest BCUT2D eigenvalue weighted by atomic mass is 19.1. The first-order valence-corrected chi connectivity index (χ1v) is 10.2. The van der Waals surface area contributed by atoms with E-state index in [1.54, 1.807) is 42.5 Å². The number of anilines is 1. The summed E-state index contributed by atoms with van der Waals surface area (Å²) >= 11 is 0. The van der Waals surface area contributed by atoms with Gasteiger partial charge in [0.15, 0.2) is 0 Å². The van der Waals surface area contributed by atoms with E-state index in [9.17, 15) is 19.1 Å². The van der Waals surface area contributed by atoms with Crippen LogP contribution in [0.2, 0.25) is 0 Å². The van der Waals surface area contributed by atoms with Crippen LogP contribution in [0.25, 0.3) is 5.76 Å². The third-order valence-electron chi connectivity index (χ3n) is 5.13. The third kappa shape index (κ3) is 3.97. The van der Waals surface area contributed by atoms with E-state index in [1.807, 2.05) is 6.92 Å². The van der Waals surface area contributed by atoms with E-state index in [0.29, 0.717) is 23.5 Å². The summed E-state index contributed by atoms with van der Waals surface area (Å²) in [5.74, 6) is -1.54. The fraction of sp³-hybridized carbons (Fsp3) is 0.160. The molecule has 1 aliphatic heterocycles. The fourth-order valence-electron chi connectivity index (χ4n) is 3.61. The number of amides is 1. The van der Waals surface area contributed by atoms with Crippen LogP contribution < -0.4 is 9.64 Å². The Morgan fingerprint density at radius 3 is 2.41 bits per heavy atom. The molecule has 1 aromatic heterocycles. The number of ketones is 1. The van der Waals surface area contributed by atoms with Crippen LogP contribution in [0.15, 0.2) is 78.5 Å². The molecule has 0 aliphatic carbocycles. The second kappa shape index (κ2) is 9.01. The second-order valence-electron chi connectivity index (χ2n) is 7.28. The Bertz CT molecular complexity index is 1160. The summed E-state index contributed by atoms with van der Waals surface area (Å²) < 4.78 is 19.1. The first-order chi connectivity index (χ1) is 15.5. The molecule has 162 valence electrons. The summed E-state index contributed by atoms with van der Waals surface area (Å²) in [4.78, 5) is 31.4. The Balaban J connectivity index is 1.83. The lowest BCUT2D eigenvalue weighted by Crippen LogP contribution is -2.30. The number of pyridine rings is 1. The minimum absolute atomic E-state index is 0.0884. The van der Waals surface area contributed by atoms with Crippen LogP contribution in [0.1, 0.15) is 30.5 Å². The maximum absolute atomic E-state index is 13.6. The highest BCUT2D eigenvalue weighted by molar-refractivity contribution is 6.51. The molecule has 0 bridgehead atoms. The zero-order valence-electron chi connectivity index (χ0n) is 17.4. The number of nitrogens with zero attached hydrogens (tertiary/aromatic N) is 2. The maximum atomic E-state index is 13.6. The quantitative estimate of drug-likeness (QED) is 0.349. The molecule has 1 N–H and O–H groups in total. The van der Waals surface area contributed by atoms with Crippen molar-refractivity contribution >= 4 is 23.3 Å². The number of ether oxygens (including phenoxy) is 1. The molecule has 2 aromatic carbocycles. The number of rotatable bonds is 6. The number of Topliss-reactive ketones (excluding diaryl/α,β-unsaturated/α-hetero) is 1. The summed E-state index contributed by atoms with van der Waals surface area (Å²) in [6, 6.07) is 16.1. The van der Waals surface area contributed by atoms with E-state index in [4.69, 9.17) is 4.74 Å². The lowest BCUT2D eigenvalue weighted by Gasteiger charge is -2.24. The van der Waals surface area contributed by atoms with Crippen LogP contribution in [0.4, 0.5) is 10.2 Å². The number of aliphatic hydroxyl groups is 1. The van der Waals surface area contributed by atoms with E-state index in [0.717, 1.165) is 6.42 Å². The maximum Gasteiger partial charge on any atom is 0.301 e. The van der Waals surface area contributed by atoms with Crippen LogP contribution in [0, 0.1) is 5.82 Å². The molecule has 3 aromatic rings. The molecule has 1 aliphatic rings. The van der Waals surface area contributed by atoms with E-state index < -0.39 is 23.5 Å². The molecule has 2 heterocycles. The van der Waals surface area contributed by atoms with Gasteiger partial charge in [-0.2, -0.15) is 0 Å². The molecule has 32 heavy (non-hydrogen) atoms. The highest BCUT2D eigenvalue weighted by Crippen LogP contribution is 2.41. The molecule has 1 atom stereocenters. The Labute approximate surface area is 184 Å². The van der Waals surface area contributed by atoms with Gasteiger partial charge in [0.05, 0.1) is 18.2 Å². The summed E-state index contributed by atoms with van der Waals surface area (Å²) in [7, 11) is 0. The standard InChI is InChI=1S/C25H21FN2O4/c1-2-15-32-19-12-8-17(9-13-19)23(29)21-22(16-6-10-18(26)11-7-16)28(25(31)24(21)30)20-5-3-4-14-27-20/h3-14,22,29H,2,15H2,1H3/t22-/m0/s1. The predicted octanol–water partition coefficient (Wildman–Crippen LogP) is 4.64. The zero-order chi connectivity index (χ0) is 22.7. The molecule has 7 heteroatoms. The lowest BCUT2D eigenvalue weighted by molar-refractivity contribution is -0.132. The van der Waals surface area contributed by atoms with Gasteiger partial charge in [-0.15, -0.1) is 0 Å². The Hall–Kier alpha value is -4.00. The molecule has 0 saturated carbocycles. The topological polar surface area (TPSA) is 79.7 Å². The van der Waals surface area contributed by atoms with Gasteiger partial charge < -0.3 is 9.84 Å². The minimum atomic E-state index is -0.957. The normalized spacial score (nSPS) is 17.6. The molecule has 0 radical (unpaired) electrons. The molecule has 0 spiro atoms. The van der Waals surface area contributed by atoms with Crippen molar-refractivity contribution in [1.29, 1.82) is 0 Å². The van der Waals surface area contributed by atoms with Gasteiger partial charge in [-0.1, -0.05) is 25.1 Å². The van der Waals surface area contributed by atoms with E-state index in [2.05, 4.69) is 4.98 Å². The van der Waals surface area contributed by atoms with Crippen molar-refractivity contribution < 1.29 is 23.8 Å². The average Bonchev–Trinajstić information content (AvgIpc) is 3.09. The molecular formula is C25H21FN2O4. The number of aliphatic hydroxyl groups excluding tert-OH is 1. The second-order valence-corrected chi connectivity index (χ2v) is 7.28.